The first kappa shape index (κ1) is 42.5. The molecule has 2 N–H and O–H groups in total. The molecular weight excluding hydrogens is 831 g/mol. The van der Waals surface area contributed by atoms with Crippen LogP contribution in [0.1, 0.15) is 43.7 Å². The van der Waals surface area contributed by atoms with E-state index in [1.807, 2.05) is 133 Å². The van der Waals surface area contributed by atoms with Gasteiger partial charge in [0.1, 0.15) is 5.82 Å². The van der Waals surface area contributed by atoms with Crippen LogP contribution in [-0.4, -0.2) is 43.8 Å². The normalized spacial score (nSPS) is 11.9. The number of benzene rings is 6. The molecule has 6 aromatic carbocycles. The Bertz CT molecular complexity index is 3310. The third-order valence-corrected chi connectivity index (χ3v) is 12.4. The van der Waals surface area contributed by atoms with Gasteiger partial charge in [0.2, 0.25) is 11.8 Å². The number of rotatable bonds is 12. The van der Waals surface area contributed by atoms with E-state index >= 15 is 0 Å². The van der Waals surface area contributed by atoms with Crippen LogP contribution in [0.5, 0.6) is 0 Å². The van der Waals surface area contributed by atoms with Gasteiger partial charge in [0.05, 0.1) is 53.5 Å². The second kappa shape index (κ2) is 18.5. The lowest BCUT2D eigenvalue weighted by molar-refractivity contribution is -0.116. The number of aromatic nitrogens is 4. The fourth-order valence-electron chi connectivity index (χ4n) is 8.79. The van der Waals surface area contributed by atoms with Crippen molar-refractivity contribution in [3.63, 3.8) is 0 Å². The van der Waals surface area contributed by atoms with E-state index < -0.39 is 0 Å². The predicted molar refractivity (Wildman–Crippen MR) is 266 cm³/mol. The minimum atomic E-state index is -0.120. The Balaban J connectivity index is 0.745. The van der Waals surface area contributed by atoms with Gasteiger partial charge in [0, 0.05) is 35.5 Å². The number of carbonyl (C=O) groups is 3. The van der Waals surface area contributed by atoms with Crippen molar-refractivity contribution in [2.75, 3.05) is 22.1 Å². The van der Waals surface area contributed by atoms with Gasteiger partial charge in [-0.25, -0.2) is 9.97 Å². The number of hydrogen-bond donors (Lipinski definition) is 2. The van der Waals surface area contributed by atoms with Crippen molar-refractivity contribution >= 4 is 45.9 Å². The van der Waals surface area contributed by atoms with Gasteiger partial charge in [-0.05, 0) is 119 Å². The van der Waals surface area contributed by atoms with Crippen LogP contribution in [0.4, 0.5) is 17.2 Å². The summed E-state index contributed by atoms with van der Waals surface area (Å²) in [4.78, 5) is 55.2. The van der Waals surface area contributed by atoms with E-state index in [0.29, 0.717) is 24.6 Å². The number of amides is 3. The maximum absolute atomic E-state index is 13.3. The summed E-state index contributed by atoms with van der Waals surface area (Å²) in [5.74, 6) is 0.298. The van der Waals surface area contributed by atoms with Crippen molar-refractivity contribution in [3.8, 4) is 33.6 Å². The van der Waals surface area contributed by atoms with Crippen LogP contribution in [0.2, 0.25) is 0 Å². The van der Waals surface area contributed by atoms with Crippen LogP contribution in [0.3, 0.4) is 0 Å². The zero-order valence-electron chi connectivity index (χ0n) is 37.2. The van der Waals surface area contributed by atoms with Gasteiger partial charge in [-0.15, -0.1) is 0 Å². The number of nitrogens with one attached hydrogen (secondary N) is 2. The summed E-state index contributed by atoms with van der Waals surface area (Å²) >= 11 is 0. The van der Waals surface area contributed by atoms with Crippen LogP contribution in [0.25, 0.3) is 44.7 Å². The van der Waals surface area contributed by atoms with Gasteiger partial charge >= 0.3 is 0 Å². The number of nitrogens with zero attached hydrogens (tertiary/aromatic N) is 5. The first-order valence-electron chi connectivity index (χ1n) is 22.4. The number of carbonyl (C=O) groups excluding carboxylic acids is 3. The molecule has 1 aliphatic heterocycles. The fourth-order valence-corrected chi connectivity index (χ4v) is 8.79. The second-order valence-corrected chi connectivity index (χ2v) is 17.1. The fraction of sp³-hybridized carbons (Fsp3) is 0.123. The van der Waals surface area contributed by atoms with Crippen LogP contribution in [0, 0.1) is 13.8 Å². The summed E-state index contributed by atoms with van der Waals surface area (Å²) < 4.78 is 2.15. The van der Waals surface area contributed by atoms with Crippen LogP contribution in [-0.2, 0) is 35.4 Å². The molecule has 1 aliphatic rings. The summed E-state index contributed by atoms with van der Waals surface area (Å²) in [5, 5.41) is 5.94. The van der Waals surface area contributed by atoms with E-state index in [1.165, 1.54) is 5.56 Å². The molecule has 67 heavy (non-hydrogen) atoms. The number of anilines is 3. The summed E-state index contributed by atoms with van der Waals surface area (Å²) in [7, 11) is 0. The Hall–Kier alpha value is -8.50. The highest BCUT2D eigenvalue weighted by Crippen LogP contribution is 2.34. The molecule has 0 saturated carbocycles. The molecule has 0 aliphatic carbocycles. The van der Waals surface area contributed by atoms with Gasteiger partial charge in [-0.3, -0.25) is 19.4 Å². The summed E-state index contributed by atoms with van der Waals surface area (Å²) in [5.41, 5.74) is 16.1. The molecule has 0 bridgehead atoms. The maximum Gasteiger partial charge on any atom is 0.258 e. The number of aryl methyl sites for hydroxylation is 2. The number of fused-ring (bicyclic) bond motifs is 2. The molecule has 0 unspecified atom stereocenters. The molecule has 0 spiro atoms. The molecular formula is C57H47N7O3. The predicted octanol–water partition coefficient (Wildman–Crippen LogP) is 11.1. The van der Waals surface area contributed by atoms with Gasteiger partial charge in [-0.1, -0.05) is 109 Å². The average molecular weight is 878 g/mol. The van der Waals surface area contributed by atoms with E-state index in [1.54, 1.807) is 12.3 Å². The van der Waals surface area contributed by atoms with Crippen molar-refractivity contribution in [1.29, 1.82) is 0 Å². The van der Waals surface area contributed by atoms with E-state index in [9.17, 15) is 14.4 Å². The smallest absolute Gasteiger partial charge is 0.258 e. The molecule has 4 heterocycles. The van der Waals surface area contributed by atoms with E-state index in [-0.39, 0.29) is 30.6 Å². The lowest BCUT2D eigenvalue weighted by Crippen LogP contribution is -2.29. The van der Waals surface area contributed by atoms with Gasteiger partial charge < -0.3 is 20.1 Å². The molecule has 328 valence electrons. The monoisotopic (exact) mass is 877 g/mol. The zero-order valence-corrected chi connectivity index (χ0v) is 37.2. The Morgan fingerprint density at radius 3 is 2.12 bits per heavy atom. The van der Waals surface area contributed by atoms with Crippen molar-refractivity contribution in [3.05, 3.63) is 215 Å². The number of imidazole rings is 1. The second-order valence-electron chi connectivity index (χ2n) is 17.1. The molecule has 3 aromatic heterocycles. The summed E-state index contributed by atoms with van der Waals surface area (Å²) in [6.07, 6.45) is 4.85. The van der Waals surface area contributed by atoms with E-state index in [2.05, 4.69) is 74.6 Å². The molecule has 10 nitrogen and oxygen atoms in total. The van der Waals surface area contributed by atoms with Crippen molar-refractivity contribution in [2.45, 2.75) is 39.7 Å². The van der Waals surface area contributed by atoms with Crippen LogP contribution in [0.15, 0.2) is 176 Å². The lowest BCUT2D eigenvalue weighted by Gasteiger charge is -2.19. The molecule has 0 saturated heterocycles. The van der Waals surface area contributed by atoms with E-state index in [4.69, 9.17) is 4.98 Å². The molecule has 0 fully saturated rings. The Morgan fingerprint density at radius 2 is 1.33 bits per heavy atom. The third kappa shape index (κ3) is 9.37. The quantitative estimate of drug-likeness (QED) is 0.126. The molecule has 0 radical (unpaired) electrons. The van der Waals surface area contributed by atoms with Crippen molar-refractivity contribution in [1.82, 2.24) is 19.5 Å². The molecule has 0 atom stereocenters. The first-order chi connectivity index (χ1) is 32.7. The van der Waals surface area contributed by atoms with Gasteiger partial charge in [0.25, 0.3) is 5.91 Å². The largest absolute Gasteiger partial charge is 0.326 e. The molecule has 9 aromatic rings. The Morgan fingerprint density at radius 1 is 0.597 bits per heavy atom. The summed E-state index contributed by atoms with van der Waals surface area (Å²) in [6, 6.07) is 53.6. The van der Waals surface area contributed by atoms with E-state index in [0.717, 1.165) is 90.2 Å². The van der Waals surface area contributed by atoms with Crippen molar-refractivity contribution < 1.29 is 14.4 Å². The Kier molecular flexibility index (Phi) is 11.7. The minimum absolute atomic E-state index is 0.0231. The highest BCUT2D eigenvalue weighted by molar-refractivity contribution is 6.08. The lowest BCUT2D eigenvalue weighted by atomic mass is 9.98. The SMILES string of the molecule is Cc1cc(-c2ccc(CC(=O)Nc3ccc(-c4ccc5c(c4)CCN5C(=O)c4ccccc4C)nc3)cc2)ccc1Cn1cnc2ccc(-c3cccc(NC(=O)Cc4ccccc4)n3)cc21. The third-order valence-electron chi connectivity index (χ3n) is 12.4. The average Bonchev–Trinajstić information content (AvgIpc) is 3.96. The van der Waals surface area contributed by atoms with Crippen LogP contribution < -0.4 is 15.5 Å². The standard InChI is InChI=1S/C57H47N7O3/c1-37-9-6-7-12-48(37)57(67)64-28-27-45-32-43(22-26-52(45)64)49-25-23-47(34-58-49)60-55(65)31-40-15-17-41(18-16-40)42-19-20-46(38(2)29-42)35-63-36-59-51-24-21-44(33-53(51)63)50-13-8-14-54(61-50)62-56(66)30-39-10-4-3-5-11-39/h3-26,29,32-34,36H,27-28,30-31,35H2,1-2H3,(H,60,65)(H,61,62,66). The summed E-state index contributed by atoms with van der Waals surface area (Å²) in [6.45, 7) is 5.38. The highest BCUT2D eigenvalue weighted by atomic mass is 16.2. The van der Waals surface area contributed by atoms with Crippen molar-refractivity contribution in [2.24, 2.45) is 0 Å². The number of pyridine rings is 2. The van der Waals surface area contributed by atoms with Gasteiger partial charge in [-0.2, -0.15) is 0 Å². The Labute approximate surface area is 389 Å². The van der Waals surface area contributed by atoms with Crippen LogP contribution >= 0.6 is 0 Å². The minimum Gasteiger partial charge on any atom is -0.326 e. The first-order valence-corrected chi connectivity index (χ1v) is 22.4. The molecule has 10 rings (SSSR count). The zero-order chi connectivity index (χ0) is 45.9. The maximum atomic E-state index is 13.3. The molecule has 3 amide bonds. The highest BCUT2D eigenvalue weighted by Gasteiger charge is 2.27. The number of hydrogen-bond acceptors (Lipinski definition) is 6. The van der Waals surface area contributed by atoms with Gasteiger partial charge in [0.15, 0.2) is 0 Å². The molecule has 10 heteroatoms. The topological polar surface area (TPSA) is 122 Å².